The van der Waals surface area contributed by atoms with Crippen molar-refractivity contribution in [2.24, 2.45) is 0 Å². The second-order valence-corrected chi connectivity index (χ2v) is 20.1. The summed E-state index contributed by atoms with van der Waals surface area (Å²) in [6.45, 7) is 10.8. The number of fused-ring (bicyclic) bond motifs is 6. The van der Waals surface area contributed by atoms with Gasteiger partial charge in [0.25, 0.3) is 23.6 Å². The molecule has 20 heteroatoms. The van der Waals surface area contributed by atoms with Crippen LogP contribution in [0.2, 0.25) is 0 Å². The summed E-state index contributed by atoms with van der Waals surface area (Å²) in [7, 11) is -1.61. The highest BCUT2D eigenvalue weighted by Gasteiger charge is 2.41. The maximum absolute atomic E-state index is 13.9. The van der Waals surface area contributed by atoms with Crippen LogP contribution in [0.15, 0.2) is 61.7 Å². The van der Waals surface area contributed by atoms with Gasteiger partial charge in [-0.25, -0.2) is 8.42 Å². The summed E-state index contributed by atoms with van der Waals surface area (Å²) in [5.41, 5.74) is 1.87. The van der Waals surface area contributed by atoms with Gasteiger partial charge in [0.2, 0.25) is 11.8 Å². The maximum atomic E-state index is 13.9. The fourth-order valence-electron chi connectivity index (χ4n) is 8.44. The fourth-order valence-corrected chi connectivity index (χ4v) is 12.4. The van der Waals surface area contributed by atoms with Crippen molar-refractivity contribution in [3.8, 4) is 0 Å². The number of nitrogens with one attached hydrogen (secondary N) is 7. The average Bonchev–Trinajstić information content (AvgIpc) is 3.92. The molecule has 6 unspecified atom stereocenters. The molecule has 4 aliphatic heterocycles. The second-order valence-electron chi connectivity index (χ2n) is 15.9. The minimum atomic E-state index is -3.51. The van der Waals surface area contributed by atoms with Crippen molar-refractivity contribution in [2.45, 2.75) is 43.2 Å². The molecule has 4 aliphatic rings. The normalized spacial score (nSPS) is 24.4. The van der Waals surface area contributed by atoms with Crippen LogP contribution in [0.4, 0.5) is 11.4 Å². The first-order valence-electron chi connectivity index (χ1n) is 19.7. The van der Waals surface area contributed by atoms with Gasteiger partial charge in [-0.05, 0) is 62.5 Å². The molecule has 17 nitrogen and oxygen atoms in total. The highest BCUT2D eigenvalue weighted by Crippen LogP contribution is 2.39. The van der Waals surface area contributed by atoms with Crippen molar-refractivity contribution in [3.05, 3.63) is 82.6 Å². The number of anilines is 2. The minimum Gasteiger partial charge on any atom is -0.381 e. The first-order valence-corrected chi connectivity index (χ1v) is 23.2. The molecule has 2 aromatic heterocycles. The number of likely N-dealkylation sites (N-methyl/N-ethyl adjacent to an activating group) is 1. The number of thiophene rings is 2. The molecule has 61 heavy (non-hydrogen) atoms. The van der Waals surface area contributed by atoms with E-state index in [0.29, 0.717) is 51.7 Å². The van der Waals surface area contributed by atoms with Gasteiger partial charge in [0.1, 0.15) is 9.75 Å². The molecule has 0 bridgehead atoms. The Balaban J connectivity index is 0.973. The lowest BCUT2D eigenvalue weighted by Crippen LogP contribution is -2.57. The van der Waals surface area contributed by atoms with Crippen molar-refractivity contribution in [1.29, 1.82) is 0 Å². The molecule has 6 atom stereocenters. The summed E-state index contributed by atoms with van der Waals surface area (Å²) in [6, 6.07) is 7.06. The second kappa shape index (κ2) is 16.6. The maximum Gasteiger partial charge on any atom is 0.263 e. The van der Waals surface area contributed by atoms with Crippen LogP contribution in [0.25, 0.3) is 20.2 Å². The van der Waals surface area contributed by atoms with Crippen LogP contribution in [-0.4, -0.2) is 141 Å². The Bertz CT molecular complexity index is 2640. The summed E-state index contributed by atoms with van der Waals surface area (Å²) in [4.78, 5) is 84.1. The topological polar surface area (TPSA) is 227 Å². The van der Waals surface area contributed by atoms with Crippen LogP contribution in [0.1, 0.15) is 47.0 Å². The summed E-state index contributed by atoms with van der Waals surface area (Å²) in [5.74, 6) is -2.95. The number of likely N-dealkylation sites (tertiary alicyclic amines) is 1. The number of rotatable bonds is 10. The van der Waals surface area contributed by atoms with Crippen LogP contribution in [0.5, 0.6) is 0 Å². The summed E-state index contributed by atoms with van der Waals surface area (Å²) >= 11 is 2.60. The van der Waals surface area contributed by atoms with E-state index in [-0.39, 0.29) is 59.8 Å². The van der Waals surface area contributed by atoms with Gasteiger partial charge < -0.3 is 47.0 Å². The molecular weight excluding hydrogens is 843 g/mol. The van der Waals surface area contributed by atoms with Crippen molar-refractivity contribution in [3.63, 3.8) is 0 Å². The predicted octanol–water partition coefficient (Wildman–Crippen LogP) is 1.51. The molecule has 0 saturated carbocycles. The number of benzene rings is 2. The lowest BCUT2D eigenvalue weighted by atomic mass is 10.1. The zero-order valence-corrected chi connectivity index (χ0v) is 35.8. The van der Waals surface area contributed by atoms with E-state index >= 15 is 0 Å². The zero-order chi connectivity index (χ0) is 43.3. The third kappa shape index (κ3) is 8.44. The van der Waals surface area contributed by atoms with Gasteiger partial charge in [0.05, 0.1) is 53.1 Å². The average molecular weight is 888 g/mol. The minimum absolute atomic E-state index is 0.0568. The number of sulfone groups is 1. The van der Waals surface area contributed by atoms with E-state index in [9.17, 15) is 37.2 Å². The number of carbonyl (C=O) groups is 6. The number of carbonyl (C=O) groups excluding carboxylic acids is 6. The van der Waals surface area contributed by atoms with Crippen LogP contribution in [0.3, 0.4) is 0 Å². The standard InChI is InChI=1S/C41H45N9O8S3/c1-5-32(51)46-27-18-61(57,58)19-28(27)48-39(54)22-8-10-31-25(12-22)35-37(60-31)41(56)45-23(14-43-35)15-50(33(52)6-2)29-17-49(4)16-26(29)47-38(53)21-7-9-30-24(11-21)34-36(59-30)40(55)44-20(3)13-42-34/h5-12,20,23,26-29,42-43H,1-2,13-19H2,3-4H3,(H,44,55)(H,45,56)(H,46,51)(H,47,53)(H,48,54). The molecule has 2 fully saturated rings. The largest absolute Gasteiger partial charge is 0.381 e. The van der Waals surface area contributed by atoms with Crippen LogP contribution in [-0.2, 0) is 19.4 Å². The lowest BCUT2D eigenvalue weighted by molar-refractivity contribution is -0.128. The molecule has 0 radical (unpaired) electrons. The van der Waals surface area contributed by atoms with Gasteiger partial charge in [0.15, 0.2) is 9.84 Å². The Morgan fingerprint density at radius 2 is 1.36 bits per heavy atom. The fraction of sp³-hybridized carbons (Fsp3) is 0.366. The number of hydrogen-bond acceptors (Lipinski definition) is 13. The van der Waals surface area contributed by atoms with Crippen molar-refractivity contribution >= 4 is 99.5 Å². The van der Waals surface area contributed by atoms with Crippen molar-refractivity contribution in [2.75, 3.05) is 61.9 Å². The molecule has 0 spiro atoms. The quantitative estimate of drug-likeness (QED) is 0.113. The molecule has 4 aromatic rings. The number of nitrogens with zero attached hydrogens (tertiary/aromatic N) is 2. The third-order valence-electron chi connectivity index (χ3n) is 11.4. The van der Waals surface area contributed by atoms with Crippen molar-refractivity contribution in [1.82, 2.24) is 36.4 Å². The Morgan fingerprint density at radius 1 is 0.803 bits per heavy atom. The first-order chi connectivity index (χ1) is 29.1. The molecule has 2 saturated heterocycles. The van der Waals surface area contributed by atoms with Crippen molar-refractivity contribution < 1.29 is 37.2 Å². The van der Waals surface area contributed by atoms with E-state index in [0.717, 1.165) is 20.9 Å². The molecule has 6 amide bonds. The number of hydrogen-bond donors (Lipinski definition) is 7. The molecule has 6 heterocycles. The van der Waals surface area contributed by atoms with Gasteiger partial charge in [-0.15, -0.1) is 22.7 Å². The van der Waals surface area contributed by atoms with Crippen LogP contribution < -0.4 is 37.2 Å². The van der Waals surface area contributed by atoms with E-state index in [1.807, 2.05) is 24.9 Å². The van der Waals surface area contributed by atoms with E-state index in [1.54, 1.807) is 35.2 Å². The summed E-state index contributed by atoms with van der Waals surface area (Å²) in [6.07, 6.45) is 2.26. The van der Waals surface area contributed by atoms with Gasteiger partial charge in [-0.1, -0.05) is 13.2 Å². The van der Waals surface area contributed by atoms with E-state index < -0.39 is 51.9 Å². The molecule has 7 N–H and O–H groups in total. The van der Waals surface area contributed by atoms with Gasteiger partial charge in [0, 0.05) is 70.1 Å². The highest BCUT2D eigenvalue weighted by atomic mass is 32.2. The van der Waals surface area contributed by atoms with Gasteiger partial charge in [-0.3, -0.25) is 28.8 Å². The monoisotopic (exact) mass is 887 g/mol. The molecule has 320 valence electrons. The van der Waals surface area contributed by atoms with Gasteiger partial charge in [-0.2, -0.15) is 0 Å². The summed E-state index contributed by atoms with van der Waals surface area (Å²) < 4.78 is 26.4. The lowest BCUT2D eigenvalue weighted by Gasteiger charge is -2.34. The Labute approximate surface area is 359 Å². The smallest absolute Gasteiger partial charge is 0.263 e. The van der Waals surface area contributed by atoms with Crippen LogP contribution >= 0.6 is 22.7 Å². The zero-order valence-electron chi connectivity index (χ0n) is 33.3. The van der Waals surface area contributed by atoms with Gasteiger partial charge >= 0.3 is 0 Å². The first kappa shape index (κ1) is 41.9. The summed E-state index contributed by atoms with van der Waals surface area (Å²) in [5, 5.41) is 22.6. The van der Waals surface area contributed by atoms with E-state index in [4.69, 9.17) is 0 Å². The Morgan fingerprint density at radius 3 is 1.95 bits per heavy atom. The SMILES string of the molecule is C=CC(=O)NC1CS(=O)(=O)CC1NC(=O)c1ccc2sc3c(c2c1)NCC(CN(C(=O)C=C)C1CN(C)CC1NC(=O)c1ccc2sc4c(c2c1)NCC(C)NC4=O)NC3=O. The number of amides is 6. The highest BCUT2D eigenvalue weighted by molar-refractivity contribution is 7.91. The third-order valence-corrected chi connectivity index (χ3v) is 15.5. The van der Waals surface area contributed by atoms with E-state index in [2.05, 4.69) is 50.4 Å². The molecular formula is C41H45N9O8S3. The van der Waals surface area contributed by atoms with Crippen LogP contribution in [0, 0.1) is 0 Å². The molecule has 0 aliphatic carbocycles. The van der Waals surface area contributed by atoms with E-state index in [1.165, 1.54) is 28.7 Å². The Kier molecular flexibility index (Phi) is 11.4. The molecule has 2 aromatic carbocycles. The predicted molar refractivity (Wildman–Crippen MR) is 235 cm³/mol. The Hall–Kier alpha value is -5.83. The molecule has 8 rings (SSSR count).